The van der Waals surface area contributed by atoms with Crippen LogP contribution in [0, 0.1) is 0 Å². The van der Waals surface area contributed by atoms with Crippen LogP contribution in [-0.2, 0) is 0 Å². The summed E-state index contributed by atoms with van der Waals surface area (Å²) in [5.41, 5.74) is 7.10. The zero-order chi connectivity index (χ0) is 7.40. The Kier molecular flexibility index (Phi) is 3.25. The quantitative estimate of drug-likeness (QED) is 0.757. The topological polar surface area (TPSA) is 26.0 Å². The molecule has 0 saturated heterocycles. The van der Waals surface area contributed by atoms with Gasteiger partial charge in [0.1, 0.15) is 0 Å². The summed E-state index contributed by atoms with van der Waals surface area (Å²) < 4.78 is 0. The van der Waals surface area contributed by atoms with E-state index in [1.54, 1.807) is 23.1 Å². The van der Waals surface area contributed by atoms with Gasteiger partial charge in [0.25, 0.3) is 0 Å². The Morgan fingerprint density at radius 2 is 2.60 bits per heavy atom. The molecule has 2 N–H and O–H groups in total. The number of thiophene rings is 1. The van der Waals surface area contributed by atoms with Crippen LogP contribution in [0.5, 0.6) is 0 Å². The van der Waals surface area contributed by atoms with E-state index in [1.807, 2.05) is 0 Å². The van der Waals surface area contributed by atoms with Gasteiger partial charge in [-0.05, 0) is 28.6 Å². The Bertz CT molecular complexity index is 172. The van der Waals surface area contributed by atoms with Gasteiger partial charge in [0, 0.05) is 11.8 Å². The smallest absolute Gasteiger partial charge is 0.0394 e. The van der Waals surface area contributed by atoms with Crippen LogP contribution in [0.2, 0.25) is 0 Å². The van der Waals surface area contributed by atoms with Crippen LogP contribution in [0.25, 0.3) is 0 Å². The van der Waals surface area contributed by atoms with Crippen molar-refractivity contribution >= 4 is 23.1 Å². The minimum Gasteiger partial charge on any atom is -0.323 e. The lowest BCUT2D eigenvalue weighted by Gasteiger charge is -2.05. The van der Waals surface area contributed by atoms with Gasteiger partial charge in [-0.25, -0.2) is 0 Å². The predicted octanol–water partition coefficient (Wildman–Crippen LogP) is 2.11. The molecule has 1 atom stereocenters. The molecule has 0 fully saturated rings. The summed E-state index contributed by atoms with van der Waals surface area (Å²) >= 11 is 3.49. The van der Waals surface area contributed by atoms with Crippen molar-refractivity contribution < 1.29 is 0 Å². The van der Waals surface area contributed by atoms with Gasteiger partial charge in [0.05, 0.1) is 0 Å². The van der Waals surface area contributed by atoms with Gasteiger partial charge < -0.3 is 5.73 Å². The Morgan fingerprint density at radius 1 is 1.80 bits per heavy atom. The number of hydrogen-bond acceptors (Lipinski definition) is 3. The van der Waals surface area contributed by atoms with Crippen LogP contribution in [-0.4, -0.2) is 12.0 Å². The normalized spacial score (nSPS) is 13.4. The minimum absolute atomic E-state index is 0.223. The average Bonchev–Trinajstić information content (AvgIpc) is 2.38. The second-order valence-electron chi connectivity index (χ2n) is 2.12. The Morgan fingerprint density at radius 3 is 3.10 bits per heavy atom. The molecule has 0 radical (unpaired) electrons. The monoisotopic (exact) mass is 173 g/mol. The summed E-state index contributed by atoms with van der Waals surface area (Å²) in [6.07, 6.45) is 2.08. The molecule has 0 aliphatic heterocycles. The largest absolute Gasteiger partial charge is 0.323 e. The zero-order valence-electron chi connectivity index (χ0n) is 5.91. The number of nitrogens with two attached hydrogens (primary N) is 1. The first-order valence-corrected chi connectivity index (χ1v) is 5.45. The maximum absolute atomic E-state index is 5.84. The summed E-state index contributed by atoms with van der Waals surface area (Å²) in [6, 6.07) is 2.31. The van der Waals surface area contributed by atoms with Gasteiger partial charge >= 0.3 is 0 Å². The van der Waals surface area contributed by atoms with E-state index in [0.29, 0.717) is 0 Å². The van der Waals surface area contributed by atoms with Gasteiger partial charge in [-0.2, -0.15) is 23.1 Å². The fourth-order valence-corrected chi connectivity index (χ4v) is 2.04. The lowest BCUT2D eigenvalue weighted by atomic mass is 10.2. The van der Waals surface area contributed by atoms with Gasteiger partial charge in [-0.1, -0.05) is 0 Å². The summed E-state index contributed by atoms with van der Waals surface area (Å²) in [5.74, 6) is 1.01. The Hall–Kier alpha value is 0.01000. The van der Waals surface area contributed by atoms with Crippen LogP contribution in [0.4, 0.5) is 0 Å². The molecule has 1 aromatic rings. The van der Waals surface area contributed by atoms with E-state index < -0.39 is 0 Å². The highest BCUT2D eigenvalue weighted by Crippen LogP contribution is 2.16. The van der Waals surface area contributed by atoms with Crippen LogP contribution >= 0.6 is 23.1 Å². The van der Waals surface area contributed by atoms with Gasteiger partial charge in [0.2, 0.25) is 0 Å². The Labute approximate surface area is 69.6 Å². The first kappa shape index (κ1) is 8.11. The van der Waals surface area contributed by atoms with Crippen molar-refractivity contribution in [2.45, 2.75) is 6.04 Å². The van der Waals surface area contributed by atoms with E-state index in [4.69, 9.17) is 5.73 Å². The number of thioether (sulfide) groups is 1. The van der Waals surface area contributed by atoms with Crippen molar-refractivity contribution in [3.05, 3.63) is 22.4 Å². The minimum atomic E-state index is 0.223. The van der Waals surface area contributed by atoms with Crippen LogP contribution in [0.3, 0.4) is 0 Å². The fraction of sp³-hybridized carbons (Fsp3) is 0.429. The molecule has 56 valence electrons. The molecule has 10 heavy (non-hydrogen) atoms. The standard InChI is InChI=1S/C7H11NS2/c1-9-5-7(8)6-2-3-10-4-6/h2-4,7H,5,8H2,1H3. The zero-order valence-corrected chi connectivity index (χ0v) is 7.54. The molecule has 0 saturated carbocycles. The molecule has 0 spiro atoms. The molecule has 1 heterocycles. The summed E-state index contributed by atoms with van der Waals surface area (Å²) in [5, 5.41) is 4.18. The first-order valence-electron chi connectivity index (χ1n) is 3.11. The lowest BCUT2D eigenvalue weighted by Crippen LogP contribution is -2.11. The molecular weight excluding hydrogens is 162 g/mol. The third-order valence-electron chi connectivity index (χ3n) is 1.32. The summed E-state index contributed by atoms with van der Waals surface area (Å²) in [7, 11) is 0. The van der Waals surface area contributed by atoms with E-state index in [1.165, 1.54) is 5.56 Å². The molecule has 1 aromatic heterocycles. The maximum atomic E-state index is 5.84. The van der Waals surface area contributed by atoms with E-state index in [0.717, 1.165) is 5.75 Å². The van der Waals surface area contributed by atoms with Crippen LogP contribution in [0.15, 0.2) is 16.8 Å². The van der Waals surface area contributed by atoms with Crippen molar-refractivity contribution in [1.82, 2.24) is 0 Å². The van der Waals surface area contributed by atoms with Gasteiger partial charge in [-0.15, -0.1) is 0 Å². The van der Waals surface area contributed by atoms with Crippen molar-refractivity contribution in [1.29, 1.82) is 0 Å². The van der Waals surface area contributed by atoms with Gasteiger partial charge in [-0.3, -0.25) is 0 Å². The molecule has 1 nitrogen and oxygen atoms in total. The van der Waals surface area contributed by atoms with E-state index in [9.17, 15) is 0 Å². The maximum Gasteiger partial charge on any atom is 0.0394 e. The fourth-order valence-electron chi connectivity index (χ4n) is 0.762. The molecule has 0 amide bonds. The molecule has 1 rings (SSSR count). The highest BCUT2D eigenvalue weighted by Gasteiger charge is 2.03. The third-order valence-corrected chi connectivity index (χ3v) is 2.71. The second-order valence-corrected chi connectivity index (χ2v) is 3.81. The third kappa shape index (κ3) is 2.01. The van der Waals surface area contributed by atoms with Crippen molar-refractivity contribution in [3.8, 4) is 0 Å². The molecule has 0 bridgehead atoms. The lowest BCUT2D eigenvalue weighted by molar-refractivity contribution is 0.837. The summed E-state index contributed by atoms with van der Waals surface area (Å²) in [6.45, 7) is 0. The average molecular weight is 173 g/mol. The highest BCUT2D eigenvalue weighted by molar-refractivity contribution is 7.98. The SMILES string of the molecule is CSCC(N)c1ccsc1. The van der Waals surface area contributed by atoms with Crippen molar-refractivity contribution in [2.24, 2.45) is 5.73 Å². The molecule has 3 heteroatoms. The van der Waals surface area contributed by atoms with Crippen molar-refractivity contribution in [2.75, 3.05) is 12.0 Å². The summed E-state index contributed by atoms with van der Waals surface area (Å²) in [4.78, 5) is 0. The van der Waals surface area contributed by atoms with Crippen LogP contribution in [0.1, 0.15) is 11.6 Å². The first-order chi connectivity index (χ1) is 4.84. The molecular formula is C7H11NS2. The number of rotatable bonds is 3. The molecule has 0 aromatic carbocycles. The van der Waals surface area contributed by atoms with Crippen molar-refractivity contribution in [3.63, 3.8) is 0 Å². The Balaban J connectivity index is 2.50. The van der Waals surface area contributed by atoms with E-state index in [2.05, 4.69) is 23.1 Å². The highest BCUT2D eigenvalue weighted by atomic mass is 32.2. The molecule has 1 unspecified atom stereocenters. The van der Waals surface area contributed by atoms with Gasteiger partial charge in [0.15, 0.2) is 0 Å². The van der Waals surface area contributed by atoms with Crippen LogP contribution < -0.4 is 5.73 Å². The van der Waals surface area contributed by atoms with E-state index >= 15 is 0 Å². The molecule has 0 aliphatic rings. The number of hydrogen-bond donors (Lipinski definition) is 1. The molecule has 0 aliphatic carbocycles. The predicted molar refractivity (Wildman–Crippen MR) is 49.6 cm³/mol. The second kappa shape index (κ2) is 4.01. The van der Waals surface area contributed by atoms with E-state index in [-0.39, 0.29) is 6.04 Å².